The molecule has 1 amide bonds. The fourth-order valence-corrected chi connectivity index (χ4v) is 1.69. The Balaban J connectivity index is 3.53. The summed E-state index contributed by atoms with van der Waals surface area (Å²) in [5.74, 6) is -2.71. The highest BCUT2D eigenvalue weighted by Gasteiger charge is 2.42. The summed E-state index contributed by atoms with van der Waals surface area (Å²) in [4.78, 5) is 23.7. The Morgan fingerprint density at radius 1 is 1.04 bits per heavy atom. The van der Waals surface area contributed by atoms with Crippen LogP contribution in [-0.4, -0.2) is 32.1 Å². The number of Topliss-reactive ketones (excluding diaryl/α,β-unsaturated/α-hetero) is 1. The van der Waals surface area contributed by atoms with Crippen LogP contribution in [-0.2, 0) is 4.79 Å². The minimum absolute atomic E-state index is 0.0930. The summed E-state index contributed by atoms with van der Waals surface area (Å²) in [6, 6.07) is 2.11. The number of carbonyl (C=O) groups excluding carboxylic acids is 2. The van der Waals surface area contributed by atoms with Crippen LogP contribution >= 0.6 is 0 Å². The number of ketones is 1. The standard InChI is InChI=1S/C15H18F3NO4/c1-14(2,3)13(21)19-10-8(12(20)15(16,17)18)6-7-9(22-4)11(10)23-5/h6-7H,1-5H3,(H,19,21). The fraction of sp³-hybridized carbons (Fsp3) is 0.467. The number of alkyl halides is 3. The van der Waals surface area contributed by atoms with Crippen molar-refractivity contribution in [1.29, 1.82) is 0 Å². The summed E-state index contributed by atoms with van der Waals surface area (Å²) >= 11 is 0. The number of benzene rings is 1. The molecule has 0 aliphatic heterocycles. The first kappa shape index (κ1) is 18.8. The van der Waals surface area contributed by atoms with E-state index < -0.39 is 28.8 Å². The summed E-state index contributed by atoms with van der Waals surface area (Å²) in [6.07, 6.45) is -5.08. The van der Waals surface area contributed by atoms with Gasteiger partial charge in [0.05, 0.1) is 25.5 Å². The van der Waals surface area contributed by atoms with Gasteiger partial charge >= 0.3 is 6.18 Å². The lowest BCUT2D eigenvalue weighted by molar-refractivity contribution is -0.123. The van der Waals surface area contributed by atoms with Crippen LogP contribution in [0.15, 0.2) is 12.1 Å². The van der Waals surface area contributed by atoms with Gasteiger partial charge in [0.1, 0.15) is 0 Å². The molecule has 8 heteroatoms. The van der Waals surface area contributed by atoms with Crippen LogP contribution in [0.1, 0.15) is 31.1 Å². The number of carbonyl (C=O) groups is 2. The molecular weight excluding hydrogens is 315 g/mol. The molecule has 5 nitrogen and oxygen atoms in total. The second kappa shape index (κ2) is 6.47. The van der Waals surface area contributed by atoms with Gasteiger partial charge in [-0.1, -0.05) is 20.8 Å². The van der Waals surface area contributed by atoms with E-state index in [-0.39, 0.29) is 17.2 Å². The number of ether oxygens (including phenoxy) is 2. The second-order valence-corrected chi connectivity index (χ2v) is 5.75. The molecule has 0 aliphatic rings. The first-order valence-electron chi connectivity index (χ1n) is 6.61. The predicted octanol–water partition coefficient (Wildman–Crippen LogP) is 3.43. The highest BCUT2D eigenvalue weighted by molar-refractivity contribution is 6.10. The minimum atomic E-state index is -5.08. The topological polar surface area (TPSA) is 64.6 Å². The second-order valence-electron chi connectivity index (χ2n) is 5.75. The quantitative estimate of drug-likeness (QED) is 0.858. The molecule has 1 aromatic carbocycles. The largest absolute Gasteiger partial charge is 0.493 e. The maximum Gasteiger partial charge on any atom is 0.454 e. The van der Waals surface area contributed by atoms with Gasteiger partial charge in [-0.25, -0.2) is 0 Å². The van der Waals surface area contributed by atoms with E-state index in [0.29, 0.717) is 0 Å². The third kappa shape index (κ3) is 4.14. The van der Waals surface area contributed by atoms with Crippen LogP contribution in [0.4, 0.5) is 18.9 Å². The molecule has 0 aromatic heterocycles. The number of halogens is 3. The molecule has 0 aliphatic carbocycles. The molecule has 128 valence electrons. The van der Waals surface area contributed by atoms with E-state index in [2.05, 4.69) is 5.32 Å². The van der Waals surface area contributed by atoms with E-state index in [4.69, 9.17) is 9.47 Å². The van der Waals surface area contributed by atoms with Crippen molar-refractivity contribution in [3.05, 3.63) is 17.7 Å². The van der Waals surface area contributed by atoms with E-state index in [0.717, 1.165) is 6.07 Å². The van der Waals surface area contributed by atoms with Crippen molar-refractivity contribution in [1.82, 2.24) is 0 Å². The zero-order valence-corrected chi connectivity index (χ0v) is 13.4. The molecule has 0 heterocycles. The van der Waals surface area contributed by atoms with Crippen LogP contribution < -0.4 is 14.8 Å². The highest BCUT2D eigenvalue weighted by atomic mass is 19.4. The number of hydrogen-bond acceptors (Lipinski definition) is 4. The van der Waals surface area contributed by atoms with E-state index >= 15 is 0 Å². The molecule has 0 fully saturated rings. The normalized spacial score (nSPS) is 11.8. The maximum absolute atomic E-state index is 12.8. The van der Waals surface area contributed by atoms with Gasteiger partial charge in [0.25, 0.3) is 5.78 Å². The molecule has 0 unspecified atom stereocenters. The molecule has 1 aromatic rings. The van der Waals surface area contributed by atoms with E-state index in [1.54, 1.807) is 20.8 Å². The van der Waals surface area contributed by atoms with Gasteiger partial charge in [-0.2, -0.15) is 13.2 Å². The fourth-order valence-electron chi connectivity index (χ4n) is 1.69. The summed E-state index contributed by atoms with van der Waals surface area (Å²) in [5.41, 5.74) is -1.96. The van der Waals surface area contributed by atoms with Gasteiger partial charge in [0.15, 0.2) is 11.5 Å². The average Bonchev–Trinajstić information content (AvgIpc) is 2.43. The first-order chi connectivity index (χ1) is 10.4. The van der Waals surface area contributed by atoms with E-state index in [1.807, 2.05) is 0 Å². The molecule has 0 spiro atoms. The molecule has 0 radical (unpaired) electrons. The average molecular weight is 333 g/mol. The third-order valence-electron chi connectivity index (χ3n) is 2.97. The summed E-state index contributed by atoms with van der Waals surface area (Å²) in [5, 5.41) is 2.33. The molecular formula is C15H18F3NO4. The van der Waals surface area contributed by atoms with Gasteiger partial charge in [0.2, 0.25) is 5.91 Å². The van der Waals surface area contributed by atoms with E-state index in [9.17, 15) is 22.8 Å². The van der Waals surface area contributed by atoms with Gasteiger partial charge in [-0.05, 0) is 12.1 Å². The van der Waals surface area contributed by atoms with Crippen LogP contribution in [0.5, 0.6) is 11.5 Å². The van der Waals surface area contributed by atoms with Crippen LogP contribution in [0.2, 0.25) is 0 Å². The number of methoxy groups -OCH3 is 2. The number of hydrogen-bond donors (Lipinski definition) is 1. The number of anilines is 1. The Morgan fingerprint density at radius 3 is 2.00 bits per heavy atom. The number of rotatable bonds is 4. The lowest BCUT2D eigenvalue weighted by Gasteiger charge is -2.22. The molecule has 0 saturated heterocycles. The lowest BCUT2D eigenvalue weighted by Crippen LogP contribution is -2.30. The van der Waals surface area contributed by atoms with Crippen molar-refractivity contribution in [3.8, 4) is 11.5 Å². The molecule has 0 atom stereocenters. The van der Waals surface area contributed by atoms with E-state index in [1.165, 1.54) is 20.3 Å². The molecule has 1 N–H and O–H groups in total. The zero-order valence-electron chi connectivity index (χ0n) is 13.4. The monoisotopic (exact) mass is 333 g/mol. The van der Waals surface area contributed by atoms with Crippen molar-refractivity contribution in [2.45, 2.75) is 26.9 Å². The summed E-state index contributed by atoms with van der Waals surface area (Å²) < 4.78 is 48.3. The number of amides is 1. The van der Waals surface area contributed by atoms with Gasteiger partial charge in [-0.15, -0.1) is 0 Å². The van der Waals surface area contributed by atoms with Gasteiger partial charge < -0.3 is 14.8 Å². The van der Waals surface area contributed by atoms with Crippen LogP contribution in [0, 0.1) is 5.41 Å². The zero-order chi connectivity index (χ0) is 18.0. The van der Waals surface area contributed by atoms with Crippen LogP contribution in [0.25, 0.3) is 0 Å². The minimum Gasteiger partial charge on any atom is -0.493 e. The van der Waals surface area contributed by atoms with Crippen molar-refractivity contribution in [2.75, 3.05) is 19.5 Å². The Kier molecular flexibility index (Phi) is 5.29. The van der Waals surface area contributed by atoms with Crippen molar-refractivity contribution in [3.63, 3.8) is 0 Å². The summed E-state index contributed by atoms with van der Waals surface area (Å²) in [7, 11) is 2.49. The van der Waals surface area contributed by atoms with Crippen molar-refractivity contribution >= 4 is 17.4 Å². The molecule has 0 saturated carbocycles. The number of nitrogens with one attached hydrogen (secondary N) is 1. The SMILES string of the molecule is COc1ccc(C(=O)C(F)(F)F)c(NC(=O)C(C)(C)C)c1OC. The smallest absolute Gasteiger partial charge is 0.454 e. The molecule has 0 bridgehead atoms. The molecule has 1 rings (SSSR count). The Hall–Kier alpha value is -2.25. The van der Waals surface area contributed by atoms with Gasteiger partial charge in [0, 0.05) is 5.41 Å². The molecule has 23 heavy (non-hydrogen) atoms. The lowest BCUT2D eigenvalue weighted by atomic mass is 9.95. The highest BCUT2D eigenvalue weighted by Crippen LogP contribution is 2.40. The third-order valence-corrected chi connectivity index (χ3v) is 2.97. The van der Waals surface area contributed by atoms with Crippen molar-refractivity contribution in [2.24, 2.45) is 5.41 Å². The Labute approximate surface area is 131 Å². The first-order valence-corrected chi connectivity index (χ1v) is 6.61. The van der Waals surface area contributed by atoms with Crippen molar-refractivity contribution < 1.29 is 32.2 Å². The predicted molar refractivity (Wildman–Crippen MR) is 78.0 cm³/mol. The summed E-state index contributed by atoms with van der Waals surface area (Å²) in [6.45, 7) is 4.75. The van der Waals surface area contributed by atoms with Crippen LogP contribution in [0.3, 0.4) is 0 Å². The van der Waals surface area contributed by atoms with Gasteiger partial charge in [-0.3, -0.25) is 9.59 Å². The maximum atomic E-state index is 12.8. The Morgan fingerprint density at radius 2 is 1.61 bits per heavy atom. The Bertz CT molecular complexity index is 618.